The average Bonchev–Trinajstić information content (AvgIpc) is 3.06. The van der Waals surface area contributed by atoms with E-state index in [2.05, 4.69) is 34.4 Å². The summed E-state index contributed by atoms with van der Waals surface area (Å²) in [6.07, 6.45) is 2.15. The van der Waals surface area contributed by atoms with Crippen LogP contribution in [0.5, 0.6) is 0 Å². The maximum absolute atomic E-state index is 12.2. The standard InChI is InChI=1S/C19H21N3OS/c1-22-11-3-7-17(14-22)21-19(23)20-16-6-2-5-15(13-16)9-10-18-8-4-12-24-18/h2,4-6,8,12-13,17H,3,7,11,14H2,1H3,(H2,20,21,23)/t17-/m0/s1. The van der Waals surface area contributed by atoms with Crippen molar-refractivity contribution in [1.29, 1.82) is 0 Å². The first kappa shape index (κ1) is 16.6. The maximum atomic E-state index is 12.2. The molecule has 4 nitrogen and oxygen atoms in total. The maximum Gasteiger partial charge on any atom is 0.319 e. The molecule has 1 aromatic carbocycles. The minimum atomic E-state index is -0.154. The second-order valence-electron chi connectivity index (χ2n) is 6.01. The predicted octanol–water partition coefficient (Wildman–Crippen LogP) is 3.36. The highest BCUT2D eigenvalue weighted by atomic mass is 32.1. The molecule has 3 rings (SSSR count). The van der Waals surface area contributed by atoms with Gasteiger partial charge < -0.3 is 15.5 Å². The number of thiophene rings is 1. The zero-order valence-corrected chi connectivity index (χ0v) is 14.5. The van der Waals surface area contributed by atoms with Gasteiger partial charge in [0.15, 0.2) is 0 Å². The predicted molar refractivity (Wildman–Crippen MR) is 99.4 cm³/mol. The third kappa shape index (κ3) is 4.85. The van der Waals surface area contributed by atoms with Crippen molar-refractivity contribution in [2.24, 2.45) is 0 Å². The largest absolute Gasteiger partial charge is 0.334 e. The number of carbonyl (C=O) groups is 1. The molecule has 124 valence electrons. The molecule has 1 aliphatic rings. The highest BCUT2D eigenvalue weighted by Gasteiger charge is 2.18. The molecule has 1 atom stereocenters. The van der Waals surface area contributed by atoms with E-state index in [1.165, 1.54) is 0 Å². The zero-order chi connectivity index (χ0) is 16.8. The van der Waals surface area contributed by atoms with Crippen LogP contribution in [0.3, 0.4) is 0 Å². The molecule has 1 saturated heterocycles. The molecule has 0 radical (unpaired) electrons. The first-order valence-corrected chi connectivity index (χ1v) is 8.99. The van der Waals surface area contributed by atoms with E-state index >= 15 is 0 Å². The normalized spacial score (nSPS) is 17.6. The van der Waals surface area contributed by atoms with E-state index in [9.17, 15) is 4.79 Å². The van der Waals surface area contributed by atoms with Gasteiger partial charge in [0.1, 0.15) is 0 Å². The van der Waals surface area contributed by atoms with Gasteiger partial charge in [-0.05, 0) is 56.1 Å². The summed E-state index contributed by atoms with van der Waals surface area (Å²) in [5.74, 6) is 6.26. The Labute approximate surface area is 146 Å². The molecule has 0 spiro atoms. The van der Waals surface area contributed by atoms with Crippen molar-refractivity contribution in [1.82, 2.24) is 10.2 Å². The first-order chi connectivity index (χ1) is 11.7. The van der Waals surface area contributed by atoms with Gasteiger partial charge in [0, 0.05) is 23.8 Å². The van der Waals surface area contributed by atoms with Crippen molar-refractivity contribution in [3.63, 3.8) is 0 Å². The first-order valence-electron chi connectivity index (χ1n) is 8.11. The summed E-state index contributed by atoms with van der Waals surface area (Å²) in [6.45, 7) is 2.00. The number of rotatable bonds is 2. The third-order valence-corrected chi connectivity index (χ3v) is 4.72. The number of urea groups is 1. The van der Waals surface area contributed by atoms with Gasteiger partial charge in [-0.2, -0.15) is 0 Å². The van der Waals surface area contributed by atoms with E-state index in [1.54, 1.807) is 11.3 Å². The number of benzene rings is 1. The molecule has 1 aliphatic heterocycles. The zero-order valence-electron chi connectivity index (χ0n) is 13.7. The Morgan fingerprint density at radius 2 is 2.21 bits per heavy atom. The molecule has 5 heteroatoms. The summed E-state index contributed by atoms with van der Waals surface area (Å²) >= 11 is 1.62. The summed E-state index contributed by atoms with van der Waals surface area (Å²) in [7, 11) is 2.08. The van der Waals surface area contributed by atoms with Crippen LogP contribution in [0, 0.1) is 11.8 Å². The molecular weight excluding hydrogens is 318 g/mol. The minimum absolute atomic E-state index is 0.154. The van der Waals surface area contributed by atoms with Crippen LogP contribution in [-0.4, -0.2) is 37.1 Å². The molecule has 0 aliphatic carbocycles. The highest BCUT2D eigenvalue weighted by Crippen LogP contribution is 2.12. The molecule has 1 fully saturated rings. The molecule has 1 aromatic heterocycles. The highest BCUT2D eigenvalue weighted by molar-refractivity contribution is 7.10. The van der Waals surface area contributed by atoms with Crippen LogP contribution in [0.15, 0.2) is 41.8 Å². The second kappa shape index (κ2) is 8.00. The van der Waals surface area contributed by atoms with Gasteiger partial charge in [-0.3, -0.25) is 0 Å². The lowest BCUT2D eigenvalue weighted by molar-refractivity contribution is 0.216. The van der Waals surface area contributed by atoms with Crippen LogP contribution in [0.1, 0.15) is 23.3 Å². The molecule has 2 aromatic rings. The molecular formula is C19H21N3OS. The van der Waals surface area contributed by atoms with Crippen LogP contribution in [0.2, 0.25) is 0 Å². The monoisotopic (exact) mass is 339 g/mol. The van der Waals surface area contributed by atoms with Gasteiger partial charge >= 0.3 is 6.03 Å². The molecule has 2 N–H and O–H groups in total. The Hall–Kier alpha value is -2.29. The lowest BCUT2D eigenvalue weighted by Gasteiger charge is -2.30. The Bertz CT molecular complexity index is 745. The van der Waals surface area contributed by atoms with Crippen molar-refractivity contribution in [3.05, 3.63) is 52.2 Å². The number of anilines is 1. The van der Waals surface area contributed by atoms with Crippen LogP contribution in [0.4, 0.5) is 10.5 Å². The quantitative estimate of drug-likeness (QED) is 0.824. The fourth-order valence-corrected chi connectivity index (χ4v) is 3.37. The van der Waals surface area contributed by atoms with E-state index in [-0.39, 0.29) is 12.1 Å². The number of nitrogens with zero attached hydrogens (tertiary/aromatic N) is 1. The van der Waals surface area contributed by atoms with Crippen molar-refractivity contribution in [2.75, 3.05) is 25.5 Å². The number of likely N-dealkylation sites (tertiary alicyclic amines) is 1. The number of carbonyl (C=O) groups excluding carboxylic acids is 1. The number of likely N-dealkylation sites (N-methyl/N-ethyl adjacent to an activating group) is 1. The van der Waals surface area contributed by atoms with E-state index < -0.39 is 0 Å². The molecule has 24 heavy (non-hydrogen) atoms. The average molecular weight is 339 g/mol. The summed E-state index contributed by atoms with van der Waals surface area (Å²) < 4.78 is 0. The van der Waals surface area contributed by atoms with E-state index in [1.807, 2.05) is 41.8 Å². The molecule has 2 amide bonds. The Morgan fingerprint density at radius 3 is 3.00 bits per heavy atom. The van der Waals surface area contributed by atoms with Crippen LogP contribution < -0.4 is 10.6 Å². The van der Waals surface area contributed by atoms with Gasteiger partial charge in [0.05, 0.1) is 4.88 Å². The Morgan fingerprint density at radius 1 is 1.29 bits per heavy atom. The number of piperidine rings is 1. The van der Waals surface area contributed by atoms with E-state index in [0.717, 1.165) is 42.1 Å². The lowest BCUT2D eigenvalue weighted by atomic mass is 10.1. The van der Waals surface area contributed by atoms with Gasteiger partial charge in [-0.1, -0.05) is 24.0 Å². The fourth-order valence-electron chi connectivity index (χ4n) is 2.79. The third-order valence-electron chi connectivity index (χ3n) is 3.93. The SMILES string of the molecule is CN1CCC[C@H](NC(=O)Nc2cccc(C#Cc3cccs3)c2)C1. The lowest BCUT2D eigenvalue weighted by Crippen LogP contribution is -2.47. The van der Waals surface area contributed by atoms with Gasteiger partial charge in [0.25, 0.3) is 0 Å². The number of hydrogen-bond acceptors (Lipinski definition) is 3. The molecule has 0 saturated carbocycles. The molecule has 0 bridgehead atoms. The van der Waals surface area contributed by atoms with Gasteiger partial charge in [0.2, 0.25) is 0 Å². The summed E-state index contributed by atoms with van der Waals surface area (Å²) in [6, 6.07) is 11.7. The fraction of sp³-hybridized carbons (Fsp3) is 0.316. The van der Waals surface area contributed by atoms with E-state index in [4.69, 9.17) is 0 Å². The number of hydrogen-bond donors (Lipinski definition) is 2. The van der Waals surface area contributed by atoms with Crippen LogP contribution in [0.25, 0.3) is 0 Å². The topological polar surface area (TPSA) is 44.4 Å². The number of nitrogens with one attached hydrogen (secondary N) is 2. The smallest absolute Gasteiger partial charge is 0.319 e. The number of amides is 2. The van der Waals surface area contributed by atoms with Crippen molar-refractivity contribution in [2.45, 2.75) is 18.9 Å². The Kier molecular flexibility index (Phi) is 5.52. The molecule has 2 heterocycles. The summed E-state index contributed by atoms with van der Waals surface area (Å²) in [5.41, 5.74) is 1.65. The summed E-state index contributed by atoms with van der Waals surface area (Å²) in [5, 5.41) is 7.96. The Balaban J connectivity index is 1.58. The molecule has 0 unspecified atom stereocenters. The van der Waals surface area contributed by atoms with Crippen molar-refractivity contribution >= 4 is 23.1 Å². The van der Waals surface area contributed by atoms with E-state index in [0.29, 0.717) is 0 Å². The summed E-state index contributed by atoms with van der Waals surface area (Å²) in [4.78, 5) is 15.4. The minimum Gasteiger partial charge on any atom is -0.334 e. The van der Waals surface area contributed by atoms with Crippen LogP contribution in [-0.2, 0) is 0 Å². The van der Waals surface area contributed by atoms with Gasteiger partial charge in [-0.25, -0.2) is 4.79 Å². The van der Waals surface area contributed by atoms with Crippen molar-refractivity contribution in [3.8, 4) is 11.8 Å². The van der Waals surface area contributed by atoms with Crippen molar-refractivity contribution < 1.29 is 4.79 Å². The van der Waals surface area contributed by atoms with Crippen LogP contribution >= 0.6 is 11.3 Å². The van der Waals surface area contributed by atoms with Gasteiger partial charge in [-0.15, -0.1) is 11.3 Å². The second-order valence-corrected chi connectivity index (χ2v) is 6.96.